The Kier molecular flexibility index (Phi) is 7.33. The molecule has 1 saturated heterocycles. The van der Waals surface area contributed by atoms with E-state index in [-0.39, 0.29) is 0 Å². The van der Waals surface area contributed by atoms with E-state index in [1.165, 1.54) is 16.4 Å². The van der Waals surface area contributed by atoms with Crippen molar-refractivity contribution in [3.8, 4) is 0 Å². The summed E-state index contributed by atoms with van der Waals surface area (Å²) in [5.41, 5.74) is 1.23. The summed E-state index contributed by atoms with van der Waals surface area (Å²) >= 11 is 0.448. The van der Waals surface area contributed by atoms with E-state index in [2.05, 4.69) is 75.4 Å². The molecule has 140 valence electrons. The zero-order valence-corrected chi connectivity index (χ0v) is 17.7. The summed E-state index contributed by atoms with van der Waals surface area (Å²) in [5.74, 6) is 0.990. The van der Waals surface area contributed by atoms with E-state index in [0.717, 1.165) is 6.61 Å². The second kappa shape index (κ2) is 9.71. The summed E-state index contributed by atoms with van der Waals surface area (Å²) in [4.78, 5) is 0.632. The van der Waals surface area contributed by atoms with Gasteiger partial charge >= 0.3 is 164 Å². The van der Waals surface area contributed by atoms with Crippen LogP contribution in [0.25, 0.3) is 0 Å². The van der Waals surface area contributed by atoms with E-state index in [9.17, 15) is 0 Å². The van der Waals surface area contributed by atoms with Crippen LogP contribution < -0.4 is 4.46 Å². The first kappa shape index (κ1) is 19.6. The van der Waals surface area contributed by atoms with Crippen LogP contribution in [0.2, 0.25) is 4.82 Å². The molecule has 2 aromatic rings. The van der Waals surface area contributed by atoms with Crippen molar-refractivity contribution in [3.63, 3.8) is 0 Å². The monoisotopic (exact) mass is 418 g/mol. The zero-order chi connectivity index (χ0) is 18.4. The van der Waals surface area contributed by atoms with Gasteiger partial charge in [0.05, 0.1) is 0 Å². The van der Waals surface area contributed by atoms with Gasteiger partial charge in [-0.15, -0.1) is 0 Å². The average Bonchev–Trinajstić information content (AvgIpc) is 3.08. The molecule has 0 N–H and O–H groups in total. The molecule has 3 rings (SSSR count). The van der Waals surface area contributed by atoms with E-state index in [1.54, 1.807) is 0 Å². The van der Waals surface area contributed by atoms with Crippen molar-refractivity contribution < 1.29 is 9.47 Å². The van der Waals surface area contributed by atoms with Crippen molar-refractivity contribution in [2.75, 3.05) is 6.61 Å². The fraction of sp³-hybridized carbons (Fsp3) is 0.478. The van der Waals surface area contributed by atoms with Crippen LogP contribution >= 0.6 is 0 Å². The number of hydrogen-bond acceptors (Lipinski definition) is 2. The van der Waals surface area contributed by atoms with Crippen molar-refractivity contribution >= 4 is 19.4 Å². The molecule has 1 fully saturated rings. The molecular weight excluding hydrogens is 387 g/mol. The first-order valence-corrected chi connectivity index (χ1v) is 11.5. The SMILES string of the molecule is CC(C)[C@H]1C[C@@H]([Se]c2ccccc2)[C@@H]([C@@H](C)COCc2ccccc2)O1. The number of benzene rings is 2. The normalized spacial score (nSPS) is 24.1. The van der Waals surface area contributed by atoms with Crippen LogP contribution in [0.5, 0.6) is 0 Å². The molecule has 0 spiro atoms. The Morgan fingerprint density at radius 2 is 1.65 bits per heavy atom. The van der Waals surface area contributed by atoms with Crippen LogP contribution in [-0.2, 0) is 16.1 Å². The quantitative estimate of drug-likeness (QED) is 0.590. The number of hydrogen-bond donors (Lipinski definition) is 0. The predicted molar refractivity (Wildman–Crippen MR) is 109 cm³/mol. The second-order valence-electron chi connectivity index (χ2n) is 7.57. The van der Waals surface area contributed by atoms with Gasteiger partial charge in [0.1, 0.15) is 0 Å². The minimum atomic E-state index is 0.304. The Balaban J connectivity index is 1.58. The number of rotatable bonds is 8. The van der Waals surface area contributed by atoms with Crippen molar-refractivity contribution in [3.05, 3.63) is 66.2 Å². The second-order valence-corrected chi connectivity index (χ2v) is 10.3. The molecule has 1 heterocycles. The molecule has 0 unspecified atom stereocenters. The molecule has 0 amide bonds. The van der Waals surface area contributed by atoms with Crippen LogP contribution in [0.4, 0.5) is 0 Å². The van der Waals surface area contributed by atoms with Crippen LogP contribution in [0.15, 0.2) is 60.7 Å². The average molecular weight is 417 g/mol. The molecule has 0 radical (unpaired) electrons. The van der Waals surface area contributed by atoms with Gasteiger partial charge in [0, 0.05) is 0 Å². The van der Waals surface area contributed by atoms with Gasteiger partial charge in [0.25, 0.3) is 0 Å². The first-order chi connectivity index (χ1) is 12.6. The summed E-state index contributed by atoms with van der Waals surface area (Å²) < 4.78 is 14.0. The summed E-state index contributed by atoms with van der Waals surface area (Å²) in [6.07, 6.45) is 1.87. The Labute approximate surface area is 164 Å². The molecule has 0 saturated carbocycles. The molecule has 3 heteroatoms. The molecule has 0 aliphatic carbocycles. The summed E-state index contributed by atoms with van der Waals surface area (Å²) in [5, 5.41) is 0. The van der Waals surface area contributed by atoms with Gasteiger partial charge in [0.15, 0.2) is 0 Å². The summed E-state index contributed by atoms with van der Waals surface area (Å²) in [7, 11) is 0. The molecule has 4 atom stereocenters. The number of ether oxygens (including phenoxy) is 2. The van der Waals surface area contributed by atoms with Crippen molar-refractivity contribution in [2.45, 2.75) is 50.8 Å². The Hall–Kier alpha value is -1.12. The summed E-state index contributed by atoms with van der Waals surface area (Å²) in [6, 6.07) is 21.3. The van der Waals surface area contributed by atoms with Crippen molar-refractivity contribution in [1.29, 1.82) is 0 Å². The fourth-order valence-electron chi connectivity index (χ4n) is 3.46. The molecule has 0 bridgehead atoms. The van der Waals surface area contributed by atoms with Gasteiger partial charge < -0.3 is 0 Å². The van der Waals surface area contributed by atoms with Crippen molar-refractivity contribution in [2.24, 2.45) is 11.8 Å². The van der Waals surface area contributed by atoms with E-state index in [4.69, 9.17) is 9.47 Å². The minimum absolute atomic E-state index is 0.304. The Morgan fingerprint density at radius 1 is 1.00 bits per heavy atom. The van der Waals surface area contributed by atoms with Gasteiger partial charge in [-0.1, -0.05) is 0 Å². The van der Waals surface area contributed by atoms with E-state index in [1.807, 2.05) is 6.07 Å². The Morgan fingerprint density at radius 3 is 2.31 bits per heavy atom. The van der Waals surface area contributed by atoms with E-state index in [0.29, 0.717) is 50.4 Å². The molecular formula is C23H30O2Se. The first-order valence-electron chi connectivity index (χ1n) is 9.62. The molecule has 1 aliphatic heterocycles. The van der Waals surface area contributed by atoms with Gasteiger partial charge in [-0.2, -0.15) is 0 Å². The molecule has 26 heavy (non-hydrogen) atoms. The zero-order valence-electron chi connectivity index (χ0n) is 16.0. The molecule has 2 aromatic carbocycles. The topological polar surface area (TPSA) is 18.5 Å². The van der Waals surface area contributed by atoms with Gasteiger partial charge in [-0.05, 0) is 0 Å². The third-order valence-corrected chi connectivity index (χ3v) is 7.73. The van der Waals surface area contributed by atoms with Crippen LogP contribution in [-0.4, -0.2) is 33.8 Å². The van der Waals surface area contributed by atoms with Crippen molar-refractivity contribution in [1.82, 2.24) is 0 Å². The molecule has 1 aliphatic rings. The van der Waals surface area contributed by atoms with E-state index < -0.39 is 0 Å². The van der Waals surface area contributed by atoms with Gasteiger partial charge in [0.2, 0.25) is 0 Å². The van der Waals surface area contributed by atoms with Crippen LogP contribution in [0, 0.1) is 11.8 Å². The van der Waals surface area contributed by atoms with Gasteiger partial charge in [-0.3, -0.25) is 0 Å². The Bertz CT molecular complexity index is 644. The molecule has 2 nitrogen and oxygen atoms in total. The fourth-order valence-corrected chi connectivity index (χ4v) is 6.43. The summed E-state index contributed by atoms with van der Waals surface area (Å²) in [6.45, 7) is 8.27. The van der Waals surface area contributed by atoms with Gasteiger partial charge in [-0.25, -0.2) is 0 Å². The van der Waals surface area contributed by atoms with E-state index >= 15 is 0 Å². The maximum absolute atomic E-state index is 6.51. The predicted octanol–water partition coefficient (Wildman–Crippen LogP) is 4.47. The van der Waals surface area contributed by atoms with Crippen LogP contribution in [0.3, 0.4) is 0 Å². The maximum atomic E-state index is 6.51. The molecule has 0 aromatic heterocycles. The standard InChI is InChI=1S/C23H30O2Se/c1-17(2)21-14-22(26-20-12-8-5-9-13-20)23(25-21)18(3)15-24-16-19-10-6-4-7-11-19/h4-13,17-18,21-23H,14-16H2,1-3H3/t18-,21+,22+,23+/m0/s1. The van der Waals surface area contributed by atoms with Crippen LogP contribution in [0.1, 0.15) is 32.8 Å². The third-order valence-electron chi connectivity index (χ3n) is 4.99. The third kappa shape index (κ3) is 5.44.